The van der Waals surface area contributed by atoms with Crippen LogP contribution >= 0.6 is 23.2 Å². The number of alkyl halides is 2. The van der Waals surface area contributed by atoms with E-state index in [-0.39, 0.29) is 17.1 Å². The zero-order valence-electron chi connectivity index (χ0n) is 11.3. The van der Waals surface area contributed by atoms with Gasteiger partial charge in [0.15, 0.2) is 9.84 Å². The molecule has 1 atom stereocenters. The van der Waals surface area contributed by atoms with Crippen molar-refractivity contribution in [3.8, 4) is 0 Å². The summed E-state index contributed by atoms with van der Waals surface area (Å²) >= 11 is 12.3. The third kappa shape index (κ3) is 4.28. The first-order chi connectivity index (χ1) is 8.35. The first-order valence-electron chi connectivity index (χ1n) is 6.67. The van der Waals surface area contributed by atoms with Gasteiger partial charge in [0.1, 0.15) is 0 Å². The van der Waals surface area contributed by atoms with Gasteiger partial charge in [0.05, 0.1) is 11.5 Å². The van der Waals surface area contributed by atoms with Crippen LogP contribution in [0.25, 0.3) is 0 Å². The highest BCUT2D eigenvalue weighted by atomic mass is 35.5. The van der Waals surface area contributed by atoms with Gasteiger partial charge in [-0.3, -0.25) is 0 Å². The number of sulfone groups is 1. The second-order valence-corrected chi connectivity index (χ2v) is 8.78. The molecule has 0 N–H and O–H groups in total. The van der Waals surface area contributed by atoms with Crippen molar-refractivity contribution in [2.75, 3.05) is 23.3 Å². The van der Waals surface area contributed by atoms with Crippen molar-refractivity contribution in [2.24, 2.45) is 17.3 Å². The first-order valence-corrected chi connectivity index (χ1v) is 9.56. The predicted molar refractivity (Wildman–Crippen MR) is 79.3 cm³/mol. The molecular weight excluding hydrogens is 291 g/mol. The topological polar surface area (TPSA) is 34.1 Å². The maximum absolute atomic E-state index is 11.6. The molecule has 1 heterocycles. The summed E-state index contributed by atoms with van der Waals surface area (Å²) in [7, 11) is -2.86. The normalized spacial score (nSPS) is 23.7. The van der Waals surface area contributed by atoms with Gasteiger partial charge < -0.3 is 0 Å². The second kappa shape index (κ2) is 6.81. The summed E-state index contributed by atoms with van der Waals surface area (Å²) in [5.41, 5.74) is -0.193. The summed E-state index contributed by atoms with van der Waals surface area (Å²) in [6, 6.07) is 0. The highest BCUT2D eigenvalue weighted by molar-refractivity contribution is 7.91. The van der Waals surface area contributed by atoms with Gasteiger partial charge >= 0.3 is 0 Å². The van der Waals surface area contributed by atoms with Gasteiger partial charge in [-0.1, -0.05) is 26.7 Å². The molecule has 1 rings (SSSR count). The molecule has 108 valence electrons. The molecule has 0 amide bonds. The Morgan fingerprint density at radius 1 is 1.28 bits per heavy atom. The molecule has 1 saturated heterocycles. The van der Waals surface area contributed by atoms with Crippen molar-refractivity contribution in [1.29, 1.82) is 0 Å². The molecular formula is C13H24Cl2O2S. The zero-order chi connectivity index (χ0) is 13.8. The lowest BCUT2D eigenvalue weighted by atomic mass is 9.74. The Balaban J connectivity index is 2.68. The summed E-state index contributed by atoms with van der Waals surface area (Å²) < 4.78 is 23.2. The van der Waals surface area contributed by atoms with Crippen LogP contribution in [0, 0.1) is 17.3 Å². The zero-order valence-corrected chi connectivity index (χ0v) is 13.6. The van der Waals surface area contributed by atoms with Crippen molar-refractivity contribution in [3.63, 3.8) is 0 Å². The van der Waals surface area contributed by atoms with Gasteiger partial charge in [-0.05, 0) is 24.7 Å². The molecule has 18 heavy (non-hydrogen) atoms. The van der Waals surface area contributed by atoms with Gasteiger partial charge in [0.2, 0.25) is 0 Å². The van der Waals surface area contributed by atoms with Crippen LogP contribution in [0.4, 0.5) is 0 Å². The molecule has 0 aromatic heterocycles. The lowest BCUT2D eigenvalue weighted by molar-refractivity contribution is 0.216. The largest absolute Gasteiger partial charge is 0.229 e. The average molecular weight is 315 g/mol. The number of halogens is 2. The molecule has 0 saturated carbocycles. The SMILES string of the molecule is CC(C)CCCC(CCl)(CCl)C1CCS(=O)(=O)C1. The van der Waals surface area contributed by atoms with Crippen LogP contribution in [-0.2, 0) is 9.84 Å². The molecule has 1 fully saturated rings. The van der Waals surface area contributed by atoms with Crippen LogP contribution < -0.4 is 0 Å². The molecule has 0 bridgehead atoms. The molecule has 1 aliphatic rings. The van der Waals surface area contributed by atoms with Gasteiger partial charge in [-0.15, -0.1) is 23.2 Å². The third-order valence-corrected chi connectivity index (χ3v) is 6.92. The number of hydrogen-bond donors (Lipinski definition) is 0. The van der Waals surface area contributed by atoms with E-state index in [4.69, 9.17) is 23.2 Å². The second-order valence-electron chi connectivity index (χ2n) is 6.02. The van der Waals surface area contributed by atoms with E-state index in [0.29, 0.717) is 23.4 Å². The summed E-state index contributed by atoms with van der Waals surface area (Å²) in [5, 5.41) is 0. The molecule has 1 aliphatic heterocycles. The van der Waals surface area contributed by atoms with Crippen molar-refractivity contribution >= 4 is 33.0 Å². The summed E-state index contributed by atoms with van der Waals surface area (Å²) in [6.45, 7) is 4.40. The Labute approximate surface area is 121 Å². The standard InChI is InChI=1S/C13H24Cl2O2S/c1-11(2)4-3-6-13(9-14,10-15)12-5-7-18(16,17)8-12/h11-12H,3-10H2,1-2H3. The van der Waals surface area contributed by atoms with E-state index in [1.807, 2.05) is 0 Å². The molecule has 0 aliphatic carbocycles. The Hall–Kier alpha value is 0.530. The predicted octanol–water partition coefficient (Wildman–Crippen LogP) is 3.71. The van der Waals surface area contributed by atoms with E-state index in [0.717, 1.165) is 25.7 Å². The van der Waals surface area contributed by atoms with Crippen LogP contribution in [0.5, 0.6) is 0 Å². The summed E-state index contributed by atoms with van der Waals surface area (Å²) in [4.78, 5) is 0. The Bertz CT molecular complexity index is 348. The minimum absolute atomic E-state index is 0.143. The molecule has 0 radical (unpaired) electrons. The number of hydrogen-bond acceptors (Lipinski definition) is 2. The first kappa shape index (κ1) is 16.6. The van der Waals surface area contributed by atoms with Crippen LogP contribution in [0.15, 0.2) is 0 Å². The molecule has 2 nitrogen and oxygen atoms in total. The van der Waals surface area contributed by atoms with Crippen LogP contribution in [0.3, 0.4) is 0 Å². The van der Waals surface area contributed by atoms with Gasteiger partial charge in [-0.2, -0.15) is 0 Å². The highest BCUT2D eigenvalue weighted by Crippen LogP contribution is 2.42. The fourth-order valence-corrected chi connectivity index (χ4v) is 5.67. The summed E-state index contributed by atoms with van der Waals surface area (Å²) in [5.74, 6) is 2.32. The quantitative estimate of drug-likeness (QED) is 0.671. The minimum atomic E-state index is -2.86. The molecule has 0 aromatic rings. The van der Waals surface area contributed by atoms with E-state index in [1.165, 1.54) is 0 Å². The molecule has 0 spiro atoms. The summed E-state index contributed by atoms with van der Waals surface area (Å²) in [6.07, 6.45) is 3.89. The van der Waals surface area contributed by atoms with Gasteiger partial charge in [0, 0.05) is 17.2 Å². The molecule has 1 unspecified atom stereocenters. The van der Waals surface area contributed by atoms with Crippen LogP contribution in [0.2, 0.25) is 0 Å². The Kier molecular flexibility index (Phi) is 6.27. The highest BCUT2D eigenvalue weighted by Gasteiger charge is 2.43. The fraction of sp³-hybridized carbons (Fsp3) is 1.00. The molecule has 0 aromatic carbocycles. The molecule has 5 heteroatoms. The van der Waals surface area contributed by atoms with E-state index < -0.39 is 9.84 Å². The van der Waals surface area contributed by atoms with E-state index in [1.54, 1.807) is 0 Å². The van der Waals surface area contributed by atoms with Crippen molar-refractivity contribution in [2.45, 2.75) is 39.5 Å². The van der Waals surface area contributed by atoms with Crippen molar-refractivity contribution in [1.82, 2.24) is 0 Å². The smallest absolute Gasteiger partial charge is 0.150 e. The maximum Gasteiger partial charge on any atom is 0.150 e. The third-order valence-electron chi connectivity index (χ3n) is 4.09. The van der Waals surface area contributed by atoms with Gasteiger partial charge in [0.25, 0.3) is 0 Å². The van der Waals surface area contributed by atoms with E-state index >= 15 is 0 Å². The van der Waals surface area contributed by atoms with Crippen molar-refractivity contribution in [3.05, 3.63) is 0 Å². The van der Waals surface area contributed by atoms with Crippen molar-refractivity contribution < 1.29 is 8.42 Å². The minimum Gasteiger partial charge on any atom is -0.229 e. The van der Waals surface area contributed by atoms with E-state index in [2.05, 4.69) is 13.8 Å². The lowest BCUT2D eigenvalue weighted by Gasteiger charge is -2.35. The maximum atomic E-state index is 11.6. The average Bonchev–Trinajstić information content (AvgIpc) is 2.66. The fourth-order valence-electron chi connectivity index (χ4n) is 2.73. The van der Waals surface area contributed by atoms with Gasteiger partial charge in [-0.25, -0.2) is 8.42 Å². The van der Waals surface area contributed by atoms with Crippen LogP contribution in [-0.4, -0.2) is 31.7 Å². The monoisotopic (exact) mass is 314 g/mol. The van der Waals surface area contributed by atoms with Crippen LogP contribution in [0.1, 0.15) is 39.5 Å². The Morgan fingerprint density at radius 3 is 2.28 bits per heavy atom. The Morgan fingerprint density at radius 2 is 1.89 bits per heavy atom. The van der Waals surface area contributed by atoms with E-state index in [9.17, 15) is 8.42 Å². The number of rotatable bonds is 7. The lowest BCUT2D eigenvalue weighted by Crippen LogP contribution is -2.35.